The van der Waals surface area contributed by atoms with Gasteiger partial charge in [0.2, 0.25) is 11.0 Å². The van der Waals surface area contributed by atoms with Gasteiger partial charge in [0.25, 0.3) is 0 Å². The smallest absolute Gasteiger partial charge is 0.238 e. The van der Waals surface area contributed by atoms with E-state index in [4.69, 9.17) is 0 Å². The fourth-order valence-electron chi connectivity index (χ4n) is 2.31. The lowest BCUT2D eigenvalue weighted by Crippen LogP contribution is -2.22. The number of nitrogens with one attached hydrogen (secondary N) is 1. The summed E-state index contributed by atoms with van der Waals surface area (Å²) >= 11 is 1.19. The maximum absolute atomic E-state index is 12.8. The molecule has 0 saturated heterocycles. The molecule has 0 unspecified atom stereocenters. The molecular formula is C17H15N3OS. The highest BCUT2D eigenvalue weighted by Gasteiger charge is 2.23. The van der Waals surface area contributed by atoms with E-state index < -0.39 is 0 Å². The van der Waals surface area contributed by atoms with Crippen molar-refractivity contribution in [1.29, 1.82) is 0 Å². The van der Waals surface area contributed by atoms with E-state index in [0.717, 1.165) is 11.1 Å². The van der Waals surface area contributed by atoms with Crippen LogP contribution >= 0.6 is 11.5 Å². The number of hydrogen-bond acceptors (Lipinski definition) is 4. The topological polar surface area (TPSA) is 54.9 Å². The first-order valence-electron chi connectivity index (χ1n) is 6.95. The number of rotatable bonds is 4. The van der Waals surface area contributed by atoms with E-state index in [9.17, 15) is 4.79 Å². The molecule has 4 nitrogen and oxygen atoms in total. The van der Waals surface area contributed by atoms with Crippen LogP contribution in [0.1, 0.15) is 22.9 Å². The molecule has 2 aromatic carbocycles. The van der Waals surface area contributed by atoms with E-state index >= 15 is 0 Å². The van der Waals surface area contributed by atoms with Gasteiger partial charge in [-0.3, -0.25) is 10.1 Å². The van der Waals surface area contributed by atoms with E-state index in [1.807, 2.05) is 60.7 Å². The lowest BCUT2D eigenvalue weighted by molar-refractivity contribution is -0.116. The zero-order valence-electron chi connectivity index (χ0n) is 12.1. The van der Waals surface area contributed by atoms with E-state index in [-0.39, 0.29) is 11.8 Å². The average Bonchev–Trinajstić information content (AvgIpc) is 2.95. The summed E-state index contributed by atoms with van der Waals surface area (Å²) in [5, 5.41) is 3.39. The third-order valence-electron chi connectivity index (χ3n) is 3.29. The second-order valence-corrected chi connectivity index (χ2v) is 5.64. The third-order valence-corrected chi connectivity index (χ3v) is 4.01. The number of aromatic nitrogens is 2. The largest absolute Gasteiger partial charge is 0.300 e. The summed E-state index contributed by atoms with van der Waals surface area (Å²) in [5.74, 6) is 0.191. The Bertz CT molecular complexity index is 716. The zero-order chi connectivity index (χ0) is 15.4. The van der Waals surface area contributed by atoms with Crippen molar-refractivity contribution in [3.05, 3.63) is 77.6 Å². The van der Waals surface area contributed by atoms with Crippen molar-refractivity contribution in [2.24, 2.45) is 0 Å². The Balaban J connectivity index is 1.93. The summed E-state index contributed by atoms with van der Waals surface area (Å²) in [7, 11) is 0. The van der Waals surface area contributed by atoms with Crippen molar-refractivity contribution < 1.29 is 4.79 Å². The van der Waals surface area contributed by atoms with Crippen LogP contribution in [-0.4, -0.2) is 15.3 Å². The highest BCUT2D eigenvalue weighted by molar-refractivity contribution is 7.09. The monoisotopic (exact) mass is 309 g/mol. The Morgan fingerprint density at radius 3 is 2.00 bits per heavy atom. The van der Waals surface area contributed by atoms with Crippen LogP contribution in [0.2, 0.25) is 0 Å². The molecule has 110 valence electrons. The van der Waals surface area contributed by atoms with Crippen LogP contribution < -0.4 is 5.32 Å². The SMILES string of the molecule is Cc1nsc(NC(=O)C(c2ccccc2)c2ccccc2)n1. The summed E-state index contributed by atoms with van der Waals surface area (Å²) in [4.78, 5) is 16.9. The molecule has 1 N–H and O–H groups in total. The minimum atomic E-state index is -0.369. The van der Waals surface area contributed by atoms with Crippen LogP contribution in [0.25, 0.3) is 0 Å². The predicted octanol–water partition coefficient (Wildman–Crippen LogP) is 3.62. The summed E-state index contributed by atoms with van der Waals surface area (Å²) in [6, 6.07) is 19.5. The van der Waals surface area contributed by atoms with Gasteiger partial charge in [-0.1, -0.05) is 60.7 Å². The maximum atomic E-state index is 12.8. The molecule has 0 atom stereocenters. The summed E-state index contributed by atoms with van der Waals surface area (Å²) in [6.07, 6.45) is 0. The summed E-state index contributed by atoms with van der Waals surface area (Å²) in [6.45, 7) is 1.80. The van der Waals surface area contributed by atoms with Gasteiger partial charge >= 0.3 is 0 Å². The lowest BCUT2D eigenvalue weighted by Gasteiger charge is -2.16. The molecule has 1 heterocycles. The lowest BCUT2D eigenvalue weighted by atomic mass is 9.90. The van der Waals surface area contributed by atoms with Crippen molar-refractivity contribution in [1.82, 2.24) is 9.36 Å². The van der Waals surface area contributed by atoms with E-state index in [1.165, 1.54) is 11.5 Å². The van der Waals surface area contributed by atoms with Crippen molar-refractivity contribution in [2.45, 2.75) is 12.8 Å². The summed E-state index contributed by atoms with van der Waals surface area (Å²) < 4.78 is 4.09. The molecule has 0 fully saturated rings. The molecule has 0 aliphatic heterocycles. The van der Waals surface area contributed by atoms with Gasteiger partial charge in [-0.05, 0) is 18.1 Å². The molecule has 0 aliphatic rings. The molecule has 5 heteroatoms. The zero-order valence-corrected chi connectivity index (χ0v) is 12.9. The molecule has 1 amide bonds. The van der Waals surface area contributed by atoms with Crippen molar-refractivity contribution in [3.63, 3.8) is 0 Å². The minimum Gasteiger partial charge on any atom is -0.300 e. The highest BCUT2D eigenvalue weighted by Crippen LogP contribution is 2.26. The second-order valence-electron chi connectivity index (χ2n) is 4.89. The van der Waals surface area contributed by atoms with Crippen LogP contribution in [0, 0.1) is 6.92 Å². The number of benzene rings is 2. The number of aryl methyl sites for hydroxylation is 1. The number of carbonyl (C=O) groups is 1. The highest BCUT2D eigenvalue weighted by atomic mass is 32.1. The van der Waals surface area contributed by atoms with Crippen LogP contribution in [0.5, 0.6) is 0 Å². The van der Waals surface area contributed by atoms with Crippen LogP contribution in [0.15, 0.2) is 60.7 Å². The number of anilines is 1. The molecule has 0 radical (unpaired) electrons. The number of hydrogen-bond donors (Lipinski definition) is 1. The molecule has 3 aromatic rings. The number of carbonyl (C=O) groups excluding carboxylic acids is 1. The number of amides is 1. The maximum Gasteiger partial charge on any atom is 0.238 e. The fourth-order valence-corrected chi connectivity index (χ4v) is 2.89. The first-order valence-corrected chi connectivity index (χ1v) is 7.72. The first kappa shape index (κ1) is 14.4. The standard InChI is InChI=1S/C17H15N3OS/c1-12-18-17(22-20-12)19-16(21)15(13-8-4-2-5-9-13)14-10-6-3-7-11-14/h2-11,15H,1H3,(H,18,19,20,21). The molecule has 1 aromatic heterocycles. The van der Waals surface area contributed by atoms with Gasteiger partial charge in [-0.15, -0.1) is 0 Å². The average molecular weight is 309 g/mol. The molecule has 0 spiro atoms. The number of nitrogens with zero attached hydrogens (tertiary/aromatic N) is 2. The third kappa shape index (κ3) is 3.20. The first-order chi connectivity index (χ1) is 10.7. The molecule has 0 saturated carbocycles. The van der Waals surface area contributed by atoms with Gasteiger partial charge in [0.05, 0.1) is 5.92 Å². The van der Waals surface area contributed by atoms with Crippen molar-refractivity contribution >= 4 is 22.6 Å². The molecule has 3 rings (SSSR count). The van der Waals surface area contributed by atoms with Gasteiger partial charge in [0.1, 0.15) is 5.82 Å². The Hall–Kier alpha value is -2.53. The minimum absolute atomic E-state index is 0.103. The van der Waals surface area contributed by atoms with Gasteiger partial charge in [-0.2, -0.15) is 4.37 Å². The second kappa shape index (κ2) is 6.49. The molecule has 22 heavy (non-hydrogen) atoms. The van der Waals surface area contributed by atoms with Gasteiger partial charge in [0, 0.05) is 11.5 Å². The van der Waals surface area contributed by atoms with Crippen molar-refractivity contribution in [3.8, 4) is 0 Å². The van der Waals surface area contributed by atoms with E-state index in [2.05, 4.69) is 14.7 Å². The molecule has 0 aliphatic carbocycles. The predicted molar refractivity (Wildman–Crippen MR) is 88.0 cm³/mol. The van der Waals surface area contributed by atoms with Crippen LogP contribution in [-0.2, 0) is 4.79 Å². The van der Waals surface area contributed by atoms with Crippen LogP contribution in [0.4, 0.5) is 5.13 Å². The Kier molecular flexibility index (Phi) is 4.25. The molecular weight excluding hydrogens is 294 g/mol. The van der Waals surface area contributed by atoms with Gasteiger partial charge in [0.15, 0.2) is 0 Å². The van der Waals surface area contributed by atoms with Crippen molar-refractivity contribution in [2.75, 3.05) is 5.32 Å². The normalized spacial score (nSPS) is 10.6. The fraction of sp³-hybridized carbons (Fsp3) is 0.118. The van der Waals surface area contributed by atoms with E-state index in [0.29, 0.717) is 11.0 Å². The van der Waals surface area contributed by atoms with Gasteiger partial charge < -0.3 is 0 Å². The quantitative estimate of drug-likeness (QED) is 0.801. The Morgan fingerprint density at radius 2 is 1.55 bits per heavy atom. The molecule has 0 bridgehead atoms. The van der Waals surface area contributed by atoms with Crippen LogP contribution in [0.3, 0.4) is 0 Å². The van der Waals surface area contributed by atoms with Gasteiger partial charge in [-0.25, -0.2) is 4.98 Å². The van der Waals surface area contributed by atoms with E-state index in [1.54, 1.807) is 6.92 Å². The summed E-state index contributed by atoms with van der Waals surface area (Å²) in [5.41, 5.74) is 1.90. The Morgan fingerprint density at radius 1 is 1.00 bits per heavy atom. The Labute approximate surface area is 133 Å².